The topological polar surface area (TPSA) is 125 Å². The Balaban J connectivity index is 2.05. The Hall–Kier alpha value is -2.73. The number of anilines is 1. The number of rotatable bonds is 8. The molecular formula is C22H32N4O7. The molecule has 0 aliphatic carbocycles. The number of ether oxygens (including phenoxy) is 5. The van der Waals surface area contributed by atoms with Crippen LogP contribution in [0.5, 0.6) is 5.75 Å². The van der Waals surface area contributed by atoms with Crippen molar-refractivity contribution in [1.29, 1.82) is 0 Å². The van der Waals surface area contributed by atoms with E-state index in [4.69, 9.17) is 29.4 Å². The molecule has 2 amide bonds. The Labute approximate surface area is 193 Å². The standard InChI is InChI=1S/C22H32N4O7/c1-22(2,3)24-21(23)26-16-15(17(32-11-29-4)18(20(26)28)33-12-30-5)25(19(16)27)13-7-9-14(31-6)10-8-13/h7-10,15-18H,11-12H2,1-6H3,(H2,23,24)/t15-,16-,17+,18-/m0/s1. The third-order valence-electron chi connectivity index (χ3n) is 5.30. The summed E-state index contributed by atoms with van der Waals surface area (Å²) in [6, 6.07) is 5.55. The molecule has 11 nitrogen and oxygen atoms in total. The number of methoxy groups -OCH3 is 3. The largest absolute Gasteiger partial charge is 0.497 e. The predicted molar refractivity (Wildman–Crippen MR) is 120 cm³/mol. The lowest BCUT2D eigenvalue weighted by Crippen LogP contribution is -2.83. The molecule has 3 rings (SSSR count). The van der Waals surface area contributed by atoms with Crippen molar-refractivity contribution >= 4 is 23.5 Å². The molecule has 11 heteroatoms. The third kappa shape index (κ3) is 4.96. The number of amides is 2. The average molecular weight is 465 g/mol. The summed E-state index contributed by atoms with van der Waals surface area (Å²) in [4.78, 5) is 34.0. The van der Waals surface area contributed by atoms with Gasteiger partial charge in [0, 0.05) is 19.9 Å². The highest BCUT2D eigenvalue weighted by Gasteiger charge is 2.64. The van der Waals surface area contributed by atoms with Gasteiger partial charge in [-0.1, -0.05) is 0 Å². The fraction of sp³-hybridized carbons (Fsp3) is 0.591. The summed E-state index contributed by atoms with van der Waals surface area (Å²) < 4.78 is 26.9. The number of piperidine rings is 1. The molecule has 2 fully saturated rings. The first kappa shape index (κ1) is 24.9. The number of nitrogens with two attached hydrogens (primary N) is 1. The normalized spacial score (nSPS) is 25.7. The zero-order valence-corrected chi connectivity index (χ0v) is 19.8. The molecule has 0 aromatic heterocycles. The quantitative estimate of drug-likeness (QED) is 0.258. The molecule has 182 valence electrons. The number of carbonyl (C=O) groups is 2. The number of carbonyl (C=O) groups excluding carboxylic acids is 2. The number of benzene rings is 1. The zero-order valence-electron chi connectivity index (χ0n) is 19.8. The minimum atomic E-state index is -1.09. The van der Waals surface area contributed by atoms with Crippen LogP contribution in [0.25, 0.3) is 0 Å². The van der Waals surface area contributed by atoms with Crippen LogP contribution in [0.4, 0.5) is 5.69 Å². The molecule has 2 aliphatic heterocycles. The Kier molecular flexibility index (Phi) is 7.58. The van der Waals surface area contributed by atoms with Crippen molar-refractivity contribution < 1.29 is 33.3 Å². The van der Waals surface area contributed by atoms with E-state index in [-0.39, 0.29) is 25.5 Å². The molecule has 2 saturated heterocycles. The van der Waals surface area contributed by atoms with Crippen molar-refractivity contribution in [2.75, 3.05) is 39.8 Å². The van der Waals surface area contributed by atoms with Crippen LogP contribution >= 0.6 is 0 Å². The SMILES string of the molecule is COCO[C@@H]1[C@@H]2[C@@H](C(=O)N2c2ccc(OC)cc2)N(C(N)=NC(C)(C)C)C(=O)[C@H]1OCOC. The van der Waals surface area contributed by atoms with Gasteiger partial charge in [-0.2, -0.15) is 0 Å². The Morgan fingerprint density at radius 2 is 1.61 bits per heavy atom. The first-order chi connectivity index (χ1) is 15.6. The lowest BCUT2D eigenvalue weighted by molar-refractivity contribution is -0.202. The molecule has 1 aromatic carbocycles. The van der Waals surface area contributed by atoms with E-state index in [0.717, 1.165) is 0 Å². The number of guanidine groups is 1. The highest BCUT2D eigenvalue weighted by Crippen LogP contribution is 2.40. The minimum Gasteiger partial charge on any atom is -0.497 e. The van der Waals surface area contributed by atoms with E-state index >= 15 is 0 Å². The van der Waals surface area contributed by atoms with Crippen molar-refractivity contribution in [1.82, 2.24) is 4.90 Å². The second-order valence-corrected chi connectivity index (χ2v) is 8.72. The van der Waals surface area contributed by atoms with E-state index in [1.54, 1.807) is 36.3 Å². The van der Waals surface area contributed by atoms with Gasteiger partial charge in [0.15, 0.2) is 12.1 Å². The molecule has 0 saturated carbocycles. The summed E-state index contributed by atoms with van der Waals surface area (Å²) in [7, 11) is 4.49. The molecule has 2 aliphatic rings. The summed E-state index contributed by atoms with van der Waals surface area (Å²) in [5.41, 5.74) is 6.31. The van der Waals surface area contributed by atoms with Crippen LogP contribution in [0.2, 0.25) is 0 Å². The zero-order chi connectivity index (χ0) is 24.3. The minimum absolute atomic E-state index is 0.0542. The fourth-order valence-corrected chi connectivity index (χ4v) is 4.01. The maximum absolute atomic E-state index is 13.5. The number of fused-ring (bicyclic) bond motifs is 1. The highest BCUT2D eigenvalue weighted by molar-refractivity contribution is 6.13. The van der Waals surface area contributed by atoms with Crippen molar-refractivity contribution in [2.24, 2.45) is 10.7 Å². The van der Waals surface area contributed by atoms with E-state index in [1.165, 1.54) is 19.1 Å². The predicted octanol–water partition coefficient (Wildman–Crippen LogP) is 0.713. The van der Waals surface area contributed by atoms with Gasteiger partial charge in [0.1, 0.15) is 31.5 Å². The van der Waals surface area contributed by atoms with E-state index in [9.17, 15) is 9.59 Å². The smallest absolute Gasteiger partial charge is 0.262 e. The van der Waals surface area contributed by atoms with Crippen LogP contribution in [0.1, 0.15) is 20.8 Å². The van der Waals surface area contributed by atoms with Crippen LogP contribution in [-0.2, 0) is 28.5 Å². The first-order valence-electron chi connectivity index (χ1n) is 10.5. The Morgan fingerprint density at radius 1 is 1.00 bits per heavy atom. The van der Waals surface area contributed by atoms with Gasteiger partial charge in [-0.05, 0) is 45.0 Å². The lowest BCUT2D eigenvalue weighted by atomic mass is 9.81. The van der Waals surface area contributed by atoms with E-state index in [0.29, 0.717) is 11.4 Å². The number of hydrogen-bond acceptors (Lipinski definition) is 8. The molecular weight excluding hydrogens is 432 g/mol. The molecule has 33 heavy (non-hydrogen) atoms. The second kappa shape index (κ2) is 10.0. The molecule has 0 radical (unpaired) electrons. The highest BCUT2D eigenvalue weighted by atomic mass is 16.7. The summed E-state index contributed by atoms with van der Waals surface area (Å²) in [5, 5.41) is 0. The first-order valence-corrected chi connectivity index (χ1v) is 10.5. The van der Waals surface area contributed by atoms with Gasteiger partial charge < -0.3 is 34.3 Å². The van der Waals surface area contributed by atoms with Crippen molar-refractivity contribution in [3.05, 3.63) is 24.3 Å². The summed E-state index contributed by atoms with van der Waals surface area (Å²) >= 11 is 0. The maximum atomic E-state index is 13.5. The van der Waals surface area contributed by atoms with E-state index in [2.05, 4.69) is 4.99 Å². The Bertz CT molecular complexity index is 884. The van der Waals surface area contributed by atoms with Gasteiger partial charge in [-0.15, -0.1) is 0 Å². The number of nitrogens with zero attached hydrogens (tertiary/aromatic N) is 3. The van der Waals surface area contributed by atoms with Crippen LogP contribution in [0.15, 0.2) is 29.3 Å². The van der Waals surface area contributed by atoms with Gasteiger partial charge in [0.25, 0.3) is 11.8 Å². The molecule has 2 N–H and O–H groups in total. The fourth-order valence-electron chi connectivity index (χ4n) is 4.01. The number of likely N-dealkylation sites (tertiary alicyclic amines) is 1. The van der Waals surface area contributed by atoms with Crippen LogP contribution < -0.4 is 15.4 Å². The summed E-state index contributed by atoms with van der Waals surface area (Å²) in [6.07, 6.45) is -1.92. The maximum Gasteiger partial charge on any atom is 0.262 e. The van der Waals surface area contributed by atoms with Crippen molar-refractivity contribution in [2.45, 2.75) is 50.6 Å². The van der Waals surface area contributed by atoms with Gasteiger partial charge >= 0.3 is 0 Å². The number of β-lactam (4-membered cyclic amide) rings is 1. The van der Waals surface area contributed by atoms with Gasteiger partial charge in [-0.25, -0.2) is 4.99 Å². The Morgan fingerprint density at radius 3 is 2.15 bits per heavy atom. The third-order valence-corrected chi connectivity index (χ3v) is 5.30. The molecule has 4 atom stereocenters. The number of hydrogen-bond donors (Lipinski definition) is 1. The van der Waals surface area contributed by atoms with Gasteiger partial charge in [-0.3, -0.25) is 14.5 Å². The summed E-state index contributed by atoms with van der Waals surface area (Å²) in [6.45, 7) is 5.30. The van der Waals surface area contributed by atoms with E-state index in [1.807, 2.05) is 20.8 Å². The van der Waals surface area contributed by atoms with E-state index < -0.39 is 35.7 Å². The molecule has 1 aromatic rings. The monoisotopic (exact) mass is 464 g/mol. The second-order valence-electron chi connectivity index (χ2n) is 8.72. The van der Waals surface area contributed by atoms with Crippen molar-refractivity contribution in [3.63, 3.8) is 0 Å². The van der Waals surface area contributed by atoms with Gasteiger partial charge in [0.2, 0.25) is 0 Å². The molecule has 0 spiro atoms. The van der Waals surface area contributed by atoms with Gasteiger partial charge in [0.05, 0.1) is 18.7 Å². The number of aliphatic imine (C=N–C) groups is 1. The molecule has 0 bridgehead atoms. The molecule has 0 unspecified atom stereocenters. The van der Waals surface area contributed by atoms with Crippen molar-refractivity contribution in [3.8, 4) is 5.75 Å². The molecule has 2 heterocycles. The van der Waals surface area contributed by atoms with Crippen LogP contribution in [-0.4, -0.2) is 87.4 Å². The average Bonchev–Trinajstić information content (AvgIpc) is 2.76. The van der Waals surface area contributed by atoms with Crippen LogP contribution in [0.3, 0.4) is 0 Å². The lowest BCUT2D eigenvalue weighted by Gasteiger charge is -2.57. The van der Waals surface area contributed by atoms with Crippen LogP contribution in [0, 0.1) is 0 Å². The summed E-state index contributed by atoms with van der Waals surface area (Å²) in [5.74, 6) is -0.232.